The van der Waals surface area contributed by atoms with Crippen molar-refractivity contribution in [1.82, 2.24) is 0 Å². The lowest BCUT2D eigenvalue weighted by molar-refractivity contribution is -0.147. The van der Waals surface area contributed by atoms with E-state index in [1.54, 1.807) is 0 Å². The molecular formula is C19H23NO3. The van der Waals surface area contributed by atoms with E-state index in [9.17, 15) is 10.1 Å². The van der Waals surface area contributed by atoms with Crippen LogP contribution in [0, 0.1) is 17.2 Å². The lowest BCUT2D eigenvalue weighted by Gasteiger charge is -2.32. The summed E-state index contributed by atoms with van der Waals surface area (Å²) in [5.41, 5.74) is 1.45. The number of nitriles is 1. The summed E-state index contributed by atoms with van der Waals surface area (Å²) in [5, 5.41) is 9.54. The van der Waals surface area contributed by atoms with Gasteiger partial charge < -0.3 is 9.47 Å². The first-order valence-corrected chi connectivity index (χ1v) is 8.46. The molecule has 1 heterocycles. The number of esters is 1. The number of ether oxygens (including phenoxy) is 2. The van der Waals surface area contributed by atoms with Gasteiger partial charge in [0, 0.05) is 6.61 Å². The van der Waals surface area contributed by atoms with Crippen molar-refractivity contribution in [3.8, 4) is 6.07 Å². The minimum Gasteiger partial charge on any atom is -0.466 e. The predicted octanol–water partition coefficient (Wildman–Crippen LogP) is 3.32. The summed E-state index contributed by atoms with van der Waals surface area (Å²) in [7, 11) is 0. The van der Waals surface area contributed by atoms with Crippen molar-refractivity contribution >= 4 is 5.97 Å². The monoisotopic (exact) mass is 313 g/mol. The van der Waals surface area contributed by atoms with Crippen molar-refractivity contribution < 1.29 is 14.3 Å². The van der Waals surface area contributed by atoms with Gasteiger partial charge in [-0.15, -0.1) is 0 Å². The van der Waals surface area contributed by atoms with Crippen LogP contribution >= 0.6 is 0 Å². The van der Waals surface area contributed by atoms with Gasteiger partial charge in [0.2, 0.25) is 0 Å². The number of hydrogen-bond acceptors (Lipinski definition) is 4. The summed E-state index contributed by atoms with van der Waals surface area (Å²) in [6, 6.07) is 10.4. The van der Waals surface area contributed by atoms with Crippen LogP contribution in [-0.4, -0.2) is 25.8 Å². The highest BCUT2D eigenvalue weighted by Crippen LogP contribution is 2.41. The SMILES string of the molecule is CCOC(=O)C(c1ccc(C2(C#N)CCOC2)cc1)C1CCC1. The van der Waals surface area contributed by atoms with Gasteiger partial charge in [0.1, 0.15) is 5.41 Å². The fourth-order valence-corrected chi connectivity index (χ4v) is 3.56. The van der Waals surface area contributed by atoms with Crippen molar-refractivity contribution in [3.05, 3.63) is 35.4 Å². The maximum Gasteiger partial charge on any atom is 0.313 e. The van der Waals surface area contributed by atoms with Crippen LogP contribution in [0.25, 0.3) is 0 Å². The van der Waals surface area contributed by atoms with E-state index in [4.69, 9.17) is 9.47 Å². The van der Waals surface area contributed by atoms with Crippen LogP contribution in [0.3, 0.4) is 0 Å². The van der Waals surface area contributed by atoms with Crippen molar-refractivity contribution in [1.29, 1.82) is 5.26 Å². The molecule has 2 fully saturated rings. The molecule has 2 aliphatic rings. The fraction of sp³-hybridized carbons (Fsp3) is 0.579. The van der Waals surface area contributed by atoms with Gasteiger partial charge >= 0.3 is 5.97 Å². The molecule has 1 saturated carbocycles. The number of rotatable bonds is 5. The highest BCUT2D eigenvalue weighted by atomic mass is 16.5. The third-order valence-corrected chi connectivity index (χ3v) is 5.22. The number of benzene rings is 1. The van der Waals surface area contributed by atoms with Crippen LogP contribution in [0.15, 0.2) is 24.3 Å². The van der Waals surface area contributed by atoms with Crippen molar-refractivity contribution in [2.45, 2.75) is 43.9 Å². The molecule has 122 valence electrons. The zero-order chi connectivity index (χ0) is 16.3. The number of carbonyl (C=O) groups excluding carboxylic acids is 1. The molecule has 1 aliphatic carbocycles. The molecule has 3 rings (SSSR count). The van der Waals surface area contributed by atoms with Crippen molar-refractivity contribution in [3.63, 3.8) is 0 Å². The van der Waals surface area contributed by atoms with Gasteiger partial charge in [-0.25, -0.2) is 0 Å². The second-order valence-electron chi connectivity index (χ2n) is 6.54. The molecular weight excluding hydrogens is 290 g/mol. The molecule has 1 aliphatic heterocycles. The number of carbonyl (C=O) groups is 1. The van der Waals surface area contributed by atoms with E-state index in [1.165, 1.54) is 6.42 Å². The topological polar surface area (TPSA) is 59.3 Å². The Hall–Kier alpha value is -1.86. The molecule has 1 aromatic rings. The maximum absolute atomic E-state index is 12.3. The Balaban J connectivity index is 1.84. The van der Waals surface area contributed by atoms with Gasteiger partial charge in [0.25, 0.3) is 0 Å². The van der Waals surface area contributed by atoms with Crippen LogP contribution in [0.4, 0.5) is 0 Å². The Morgan fingerprint density at radius 3 is 2.65 bits per heavy atom. The number of nitrogens with zero attached hydrogens (tertiary/aromatic N) is 1. The molecule has 1 saturated heterocycles. The largest absolute Gasteiger partial charge is 0.466 e. The molecule has 0 aromatic heterocycles. The summed E-state index contributed by atoms with van der Waals surface area (Å²) in [5.74, 6) is 0.0967. The normalized spacial score (nSPS) is 25.4. The third kappa shape index (κ3) is 2.98. The lowest BCUT2D eigenvalue weighted by atomic mass is 9.72. The van der Waals surface area contributed by atoms with E-state index in [2.05, 4.69) is 6.07 Å². The van der Waals surface area contributed by atoms with Gasteiger partial charge in [-0.1, -0.05) is 30.7 Å². The predicted molar refractivity (Wildman–Crippen MR) is 85.9 cm³/mol. The van der Waals surface area contributed by atoms with Crippen molar-refractivity contribution in [2.75, 3.05) is 19.8 Å². The zero-order valence-electron chi connectivity index (χ0n) is 13.6. The smallest absolute Gasteiger partial charge is 0.313 e. The Morgan fingerprint density at radius 2 is 2.17 bits per heavy atom. The molecule has 0 radical (unpaired) electrons. The average molecular weight is 313 g/mol. The number of hydrogen-bond donors (Lipinski definition) is 0. The second kappa shape index (κ2) is 6.72. The van der Waals surface area contributed by atoms with Crippen LogP contribution in [-0.2, 0) is 19.7 Å². The summed E-state index contributed by atoms with van der Waals surface area (Å²) < 4.78 is 10.7. The van der Waals surface area contributed by atoms with Crippen molar-refractivity contribution in [2.24, 2.45) is 5.92 Å². The molecule has 0 spiro atoms. The highest BCUT2D eigenvalue weighted by Gasteiger charge is 2.38. The first kappa shape index (κ1) is 16.0. The molecule has 0 bridgehead atoms. The van der Waals surface area contributed by atoms with E-state index in [0.717, 1.165) is 30.4 Å². The fourth-order valence-electron chi connectivity index (χ4n) is 3.56. The van der Waals surface area contributed by atoms with Gasteiger partial charge in [0.15, 0.2) is 0 Å². The van der Waals surface area contributed by atoms with E-state index in [0.29, 0.717) is 25.7 Å². The van der Waals surface area contributed by atoms with Crippen LogP contribution in [0.5, 0.6) is 0 Å². The molecule has 0 N–H and O–H groups in total. The maximum atomic E-state index is 12.3. The summed E-state index contributed by atoms with van der Waals surface area (Å²) >= 11 is 0. The molecule has 2 unspecified atom stereocenters. The summed E-state index contributed by atoms with van der Waals surface area (Å²) in [6.07, 6.45) is 4.09. The first-order valence-electron chi connectivity index (χ1n) is 8.46. The Labute approximate surface area is 137 Å². The first-order chi connectivity index (χ1) is 11.2. The Bertz CT molecular complexity index is 592. The molecule has 4 heteroatoms. The average Bonchev–Trinajstić information content (AvgIpc) is 3.01. The van der Waals surface area contributed by atoms with Gasteiger partial charge in [-0.05, 0) is 43.2 Å². The molecule has 0 amide bonds. The lowest BCUT2D eigenvalue weighted by Crippen LogP contribution is -2.29. The van der Waals surface area contributed by atoms with E-state index in [1.807, 2.05) is 31.2 Å². The summed E-state index contributed by atoms with van der Waals surface area (Å²) in [6.45, 7) is 3.33. The minimum atomic E-state index is -0.533. The second-order valence-corrected chi connectivity index (χ2v) is 6.54. The van der Waals surface area contributed by atoms with E-state index in [-0.39, 0.29) is 11.9 Å². The van der Waals surface area contributed by atoms with Gasteiger partial charge in [0.05, 0.1) is 25.2 Å². The third-order valence-electron chi connectivity index (χ3n) is 5.22. The van der Waals surface area contributed by atoms with Gasteiger partial charge in [-0.2, -0.15) is 5.26 Å². The molecule has 23 heavy (non-hydrogen) atoms. The minimum absolute atomic E-state index is 0.121. The summed E-state index contributed by atoms with van der Waals surface area (Å²) in [4.78, 5) is 12.3. The van der Waals surface area contributed by atoms with Crippen LogP contribution < -0.4 is 0 Å². The van der Waals surface area contributed by atoms with Crippen LogP contribution in [0.1, 0.15) is 49.7 Å². The van der Waals surface area contributed by atoms with E-state index < -0.39 is 5.41 Å². The Morgan fingerprint density at radius 1 is 1.43 bits per heavy atom. The molecule has 2 atom stereocenters. The zero-order valence-corrected chi connectivity index (χ0v) is 13.6. The van der Waals surface area contributed by atoms with E-state index >= 15 is 0 Å². The Kier molecular flexibility index (Phi) is 4.68. The standard InChI is InChI=1S/C19H23NO3/c1-2-23-18(21)17(14-4-3-5-14)15-6-8-16(9-7-15)19(12-20)10-11-22-13-19/h6-9,14,17H,2-5,10-11,13H2,1H3. The quantitative estimate of drug-likeness (QED) is 0.782. The van der Waals surface area contributed by atoms with Gasteiger partial charge in [-0.3, -0.25) is 4.79 Å². The molecule has 1 aromatic carbocycles. The van der Waals surface area contributed by atoms with Crippen LogP contribution in [0.2, 0.25) is 0 Å². The highest BCUT2D eigenvalue weighted by molar-refractivity contribution is 5.78. The molecule has 4 nitrogen and oxygen atoms in total.